The highest BCUT2D eigenvalue weighted by Gasteiger charge is 2.27. The molecule has 0 radical (unpaired) electrons. The number of fused-ring (bicyclic) bond motifs is 3. The minimum absolute atomic E-state index is 0.973. The number of allylic oxidation sites excluding steroid dienone is 1. The van der Waals surface area contributed by atoms with Crippen LogP contribution in [0.2, 0.25) is 0 Å². The fraction of sp³-hybridized carbons (Fsp3) is 0.350. The Kier molecular flexibility index (Phi) is 7.02. The van der Waals surface area contributed by atoms with Gasteiger partial charge in [-0.15, -0.1) is 10.2 Å². The van der Waals surface area contributed by atoms with E-state index in [1.54, 1.807) is 11.3 Å². The van der Waals surface area contributed by atoms with Crippen LogP contribution in [0.25, 0.3) is 16.6 Å². The van der Waals surface area contributed by atoms with Crippen molar-refractivity contribution in [1.82, 2.24) is 10.1 Å². The summed E-state index contributed by atoms with van der Waals surface area (Å²) in [6.45, 7) is 8.50. The molecule has 0 atom stereocenters. The minimum atomic E-state index is -4.94. The molecule has 10 heteroatoms. The van der Waals surface area contributed by atoms with Crippen molar-refractivity contribution in [2.75, 3.05) is 18.0 Å². The van der Waals surface area contributed by atoms with Crippen molar-refractivity contribution in [2.45, 2.75) is 33.6 Å². The maximum absolute atomic E-state index is 8.49. The molecule has 0 unspecified atom stereocenters. The molecule has 0 amide bonds. The van der Waals surface area contributed by atoms with E-state index in [-0.39, 0.29) is 0 Å². The second-order valence-electron chi connectivity index (χ2n) is 6.76. The van der Waals surface area contributed by atoms with Crippen LogP contribution in [0.3, 0.4) is 0 Å². The molecule has 1 aliphatic carbocycles. The van der Waals surface area contributed by atoms with E-state index in [2.05, 4.69) is 59.2 Å². The summed E-state index contributed by atoms with van der Waals surface area (Å²) in [4.78, 5) is 7.89. The van der Waals surface area contributed by atoms with E-state index in [4.69, 9.17) is 18.6 Å². The first-order chi connectivity index (χ1) is 14.2. The Morgan fingerprint density at radius 1 is 1.10 bits per heavy atom. The van der Waals surface area contributed by atoms with Gasteiger partial charge in [-0.3, -0.25) is 0 Å². The van der Waals surface area contributed by atoms with E-state index in [0.29, 0.717) is 0 Å². The lowest BCUT2D eigenvalue weighted by Gasteiger charge is -2.20. The Labute approximate surface area is 181 Å². The van der Waals surface area contributed by atoms with Crippen LogP contribution in [0.5, 0.6) is 0 Å². The Hall–Kier alpha value is -2.14. The van der Waals surface area contributed by atoms with E-state index in [1.165, 1.54) is 28.1 Å². The van der Waals surface area contributed by atoms with Gasteiger partial charge in [-0.1, -0.05) is 21.7 Å². The molecule has 30 heavy (non-hydrogen) atoms. The number of aryl methyl sites for hydroxylation is 2. The van der Waals surface area contributed by atoms with Crippen molar-refractivity contribution in [2.24, 2.45) is 0 Å². The minimum Gasteiger partial charge on any atom is -0.372 e. The third-order valence-electron chi connectivity index (χ3n) is 4.84. The molecule has 8 nitrogen and oxygen atoms in total. The molecular formula is C20H23ClN4O4S. The summed E-state index contributed by atoms with van der Waals surface area (Å²) < 4.78 is 36.0. The van der Waals surface area contributed by atoms with E-state index in [9.17, 15) is 0 Å². The zero-order valence-electron chi connectivity index (χ0n) is 17.0. The normalized spacial score (nSPS) is 14.6. The fourth-order valence-electron chi connectivity index (χ4n) is 3.56. The third kappa shape index (κ3) is 5.51. The SMILES string of the molecule is CCN(CC)c1ccc(C=C2CCc3cnc4sc(C)n[n+]4c32)cc1.[O-][Cl+3]([O-])([O-])[O-]. The average molecular weight is 451 g/mol. The van der Waals surface area contributed by atoms with Gasteiger partial charge in [0.05, 0.1) is 0 Å². The van der Waals surface area contributed by atoms with Gasteiger partial charge in [0.15, 0.2) is 5.69 Å². The Morgan fingerprint density at radius 3 is 2.33 bits per heavy atom. The summed E-state index contributed by atoms with van der Waals surface area (Å²) in [7, 11) is -4.94. The number of aromatic nitrogens is 3. The highest BCUT2D eigenvalue weighted by atomic mass is 35.7. The second-order valence-corrected chi connectivity index (χ2v) is 8.67. The van der Waals surface area contributed by atoms with Crippen molar-refractivity contribution < 1.29 is 33.4 Å². The average Bonchev–Trinajstić information content (AvgIpc) is 3.25. The van der Waals surface area contributed by atoms with Gasteiger partial charge in [-0.2, -0.15) is 0 Å². The number of benzene rings is 1. The van der Waals surface area contributed by atoms with Gasteiger partial charge in [0, 0.05) is 29.9 Å². The van der Waals surface area contributed by atoms with Gasteiger partial charge in [-0.05, 0) is 73.7 Å². The van der Waals surface area contributed by atoms with Crippen molar-refractivity contribution in [3.63, 3.8) is 0 Å². The topological polar surface area (TPSA) is 125 Å². The largest absolute Gasteiger partial charge is 0.410 e. The molecule has 1 aliphatic rings. The van der Waals surface area contributed by atoms with Crippen LogP contribution in [0.4, 0.5) is 5.69 Å². The lowest BCUT2D eigenvalue weighted by atomic mass is 10.1. The Morgan fingerprint density at radius 2 is 1.73 bits per heavy atom. The van der Waals surface area contributed by atoms with E-state index >= 15 is 0 Å². The maximum Gasteiger partial charge on any atom is 0.410 e. The molecule has 160 valence electrons. The maximum atomic E-state index is 8.49. The molecule has 4 rings (SSSR count). The lowest BCUT2D eigenvalue weighted by molar-refractivity contribution is -2.00. The first kappa shape index (κ1) is 22.5. The molecule has 0 aliphatic heterocycles. The number of hydrogen-bond acceptors (Lipinski definition) is 8. The quantitative estimate of drug-likeness (QED) is 0.474. The van der Waals surface area contributed by atoms with Crippen LogP contribution in [0.1, 0.15) is 42.1 Å². The van der Waals surface area contributed by atoms with Crippen molar-refractivity contribution >= 4 is 33.6 Å². The number of halogens is 1. The van der Waals surface area contributed by atoms with Gasteiger partial charge in [0.2, 0.25) is 0 Å². The molecule has 0 bridgehead atoms. The van der Waals surface area contributed by atoms with Crippen molar-refractivity contribution in [3.8, 4) is 0 Å². The Balaban J connectivity index is 0.000000461. The highest BCUT2D eigenvalue weighted by molar-refractivity contribution is 7.16. The summed E-state index contributed by atoms with van der Waals surface area (Å²) >= 11 is 1.64. The van der Waals surface area contributed by atoms with Crippen LogP contribution in [0, 0.1) is 17.2 Å². The first-order valence-electron chi connectivity index (χ1n) is 9.54. The van der Waals surface area contributed by atoms with Crippen LogP contribution in [0.15, 0.2) is 30.5 Å². The summed E-state index contributed by atoms with van der Waals surface area (Å²) in [5.41, 5.74) is 6.43. The highest BCUT2D eigenvalue weighted by Crippen LogP contribution is 2.31. The number of hydrogen-bond donors (Lipinski definition) is 0. The number of anilines is 1. The molecule has 2 heterocycles. The standard InChI is InChI=1S/C20H23N4S.ClHO4/c1-4-23(5-2)18-10-6-15(7-11-18)12-16-8-9-17-13-21-20-24(19(16)17)22-14(3)25-20;2-1(3,4)5/h6-7,10-13H,4-5,8-9H2,1-3H3;(H,2,3,4,5)/q+1;/p-1. The summed E-state index contributed by atoms with van der Waals surface area (Å²) in [5.74, 6) is 0. The molecule has 0 saturated heterocycles. The third-order valence-corrected chi connectivity index (χ3v) is 5.68. The van der Waals surface area contributed by atoms with Crippen LogP contribution in [-0.2, 0) is 6.42 Å². The van der Waals surface area contributed by atoms with Crippen molar-refractivity contribution in [3.05, 3.63) is 52.3 Å². The zero-order valence-corrected chi connectivity index (χ0v) is 18.6. The van der Waals surface area contributed by atoms with Crippen LogP contribution < -0.4 is 28.1 Å². The number of rotatable bonds is 4. The molecule has 2 aromatic heterocycles. The molecule has 3 aromatic rings. The van der Waals surface area contributed by atoms with Crippen molar-refractivity contribution in [1.29, 1.82) is 0 Å². The van der Waals surface area contributed by atoms with Gasteiger partial charge < -0.3 is 4.90 Å². The van der Waals surface area contributed by atoms with E-state index in [0.717, 1.165) is 35.9 Å². The van der Waals surface area contributed by atoms with E-state index in [1.807, 2.05) is 17.6 Å². The summed E-state index contributed by atoms with van der Waals surface area (Å²) in [6, 6.07) is 8.87. The van der Waals surface area contributed by atoms with Gasteiger partial charge in [-0.25, -0.2) is 18.6 Å². The molecular weight excluding hydrogens is 428 g/mol. The molecule has 1 aromatic carbocycles. The Bertz CT molecular complexity index is 1040. The summed E-state index contributed by atoms with van der Waals surface area (Å²) in [6.07, 6.45) is 6.42. The predicted octanol–water partition coefficient (Wildman–Crippen LogP) is -0.838. The first-order valence-corrected chi connectivity index (χ1v) is 11.6. The lowest BCUT2D eigenvalue weighted by Crippen LogP contribution is -2.68. The molecule has 0 fully saturated rings. The number of nitrogens with zero attached hydrogens (tertiary/aromatic N) is 4. The summed E-state index contributed by atoms with van der Waals surface area (Å²) in [5, 5.41) is 5.71. The zero-order chi connectivity index (χ0) is 21.9. The molecule has 0 saturated carbocycles. The van der Waals surface area contributed by atoms with Crippen LogP contribution in [-0.4, -0.2) is 23.2 Å². The van der Waals surface area contributed by atoms with Gasteiger partial charge >= 0.3 is 4.96 Å². The molecule has 0 N–H and O–H groups in total. The smallest absolute Gasteiger partial charge is 0.372 e. The fourth-order valence-corrected chi connectivity index (χ4v) is 4.27. The van der Waals surface area contributed by atoms with E-state index < -0.39 is 10.2 Å². The van der Waals surface area contributed by atoms with Crippen LogP contribution >= 0.6 is 11.3 Å². The monoisotopic (exact) mass is 450 g/mol. The second kappa shape index (κ2) is 9.34. The molecule has 0 spiro atoms. The van der Waals surface area contributed by atoms with Gasteiger partial charge in [0.1, 0.15) is 11.2 Å². The predicted molar refractivity (Wildman–Crippen MR) is 104 cm³/mol. The van der Waals surface area contributed by atoms with Gasteiger partial charge in [0.25, 0.3) is 0 Å².